The number of anilines is 1. The van der Waals surface area contributed by atoms with Crippen molar-refractivity contribution >= 4 is 39.4 Å². The Bertz CT molecular complexity index is 838. The zero-order chi connectivity index (χ0) is 19.4. The number of hydrogen-bond acceptors (Lipinski definition) is 4. The average Bonchev–Trinajstić information content (AvgIpc) is 2.66. The van der Waals surface area contributed by atoms with Gasteiger partial charge in [0.25, 0.3) is 0 Å². The predicted octanol–water partition coefficient (Wildman–Crippen LogP) is 3.44. The van der Waals surface area contributed by atoms with E-state index in [1.54, 1.807) is 0 Å². The summed E-state index contributed by atoms with van der Waals surface area (Å²) in [7, 11) is 0. The molecule has 1 aromatic rings. The Morgan fingerprint density at radius 3 is 2.70 bits per heavy atom. The Hall–Kier alpha value is -2.18. The molecule has 0 radical (unpaired) electrons. The number of likely N-dealkylation sites (N-methyl/N-ethyl adjacent to an activating group) is 1. The second-order valence-electron chi connectivity index (χ2n) is 6.55. The number of amides is 1. The third kappa shape index (κ3) is 4.39. The van der Waals surface area contributed by atoms with Gasteiger partial charge < -0.3 is 10.2 Å². The van der Waals surface area contributed by atoms with Gasteiger partial charge in [-0.1, -0.05) is 38.1 Å². The maximum atomic E-state index is 12.6. The topological polar surface area (TPSA) is 52.7 Å². The van der Waals surface area contributed by atoms with Crippen LogP contribution in [0, 0.1) is 0 Å². The lowest BCUT2D eigenvalue weighted by Crippen LogP contribution is -2.41. The summed E-state index contributed by atoms with van der Waals surface area (Å²) in [4.78, 5) is 29.1. The third-order valence-corrected chi connectivity index (χ3v) is 5.41. The molecule has 0 saturated heterocycles. The molecule has 1 heterocycles. The third-order valence-electron chi connectivity index (χ3n) is 4.78. The van der Waals surface area contributed by atoms with E-state index in [2.05, 4.69) is 26.1 Å². The first-order chi connectivity index (χ1) is 13.0. The fraction of sp³-hybridized carbons (Fsp3) is 0.333. The Morgan fingerprint density at radius 2 is 2.00 bits per heavy atom. The first-order valence-corrected chi connectivity index (χ1v) is 10.0. The molecule has 0 saturated carbocycles. The van der Waals surface area contributed by atoms with Gasteiger partial charge in [0, 0.05) is 22.3 Å². The summed E-state index contributed by atoms with van der Waals surface area (Å²) < 4.78 is 0.768. The van der Waals surface area contributed by atoms with Crippen molar-refractivity contribution in [2.75, 3.05) is 31.1 Å². The van der Waals surface area contributed by atoms with Gasteiger partial charge in [-0.25, -0.2) is 0 Å². The van der Waals surface area contributed by atoms with Crippen LogP contribution in [-0.4, -0.2) is 42.8 Å². The van der Waals surface area contributed by atoms with E-state index in [9.17, 15) is 9.59 Å². The molecule has 0 aromatic heterocycles. The van der Waals surface area contributed by atoms with E-state index in [-0.39, 0.29) is 11.7 Å². The fourth-order valence-corrected chi connectivity index (χ4v) is 3.97. The molecule has 6 heteroatoms. The number of rotatable bonds is 6. The minimum absolute atomic E-state index is 0.0350. The van der Waals surface area contributed by atoms with E-state index in [4.69, 9.17) is 0 Å². The van der Waals surface area contributed by atoms with E-state index >= 15 is 0 Å². The maximum Gasteiger partial charge on any atom is 0.238 e. The molecule has 1 N–H and O–H groups in total. The van der Waals surface area contributed by atoms with E-state index in [1.807, 2.05) is 61.2 Å². The van der Waals surface area contributed by atoms with Gasteiger partial charge in [0.05, 0.1) is 18.8 Å². The standard InChI is InChI=1S/C21H24BrN3O2/c1-3-24(4-2)14-20(27)23-16-12-15-8-5-6-10-18(15)25(13-16)21-17(22)9-7-11-19(21)26/h5-10,12H,3-4,11,13-14H2,1-2H3,(H,23,27). The van der Waals surface area contributed by atoms with Crippen LogP contribution in [0.1, 0.15) is 25.8 Å². The summed E-state index contributed by atoms with van der Waals surface area (Å²) in [6.07, 6.45) is 6.14. The van der Waals surface area contributed by atoms with Crippen LogP contribution in [0.5, 0.6) is 0 Å². The molecule has 0 spiro atoms. The number of Topliss-reactive ketones (excluding diaryl/α,β-unsaturated/α-hetero) is 1. The normalized spacial score (nSPS) is 16.5. The summed E-state index contributed by atoms with van der Waals surface area (Å²) in [5, 5.41) is 3.03. The average molecular weight is 430 g/mol. The van der Waals surface area contributed by atoms with Crippen molar-refractivity contribution < 1.29 is 9.59 Å². The van der Waals surface area contributed by atoms with Gasteiger partial charge in [-0.15, -0.1) is 0 Å². The van der Waals surface area contributed by atoms with Crippen molar-refractivity contribution in [3.8, 4) is 0 Å². The van der Waals surface area contributed by atoms with Crippen LogP contribution in [0.4, 0.5) is 5.69 Å². The summed E-state index contributed by atoms with van der Waals surface area (Å²) in [5.41, 5.74) is 3.38. The van der Waals surface area contributed by atoms with Gasteiger partial charge in [0.2, 0.25) is 5.91 Å². The molecule has 1 aliphatic carbocycles. The first-order valence-electron chi connectivity index (χ1n) is 9.22. The minimum Gasteiger partial charge on any atom is -0.331 e. The number of ketones is 1. The summed E-state index contributed by atoms with van der Waals surface area (Å²) in [6.45, 7) is 6.56. The molecule has 0 unspecified atom stereocenters. The highest BCUT2D eigenvalue weighted by Gasteiger charge is 2.28. The quantitative estimate of drug-likeness (QED) is 0.752. The first kappa shape index (κ1) is 19.6. The largest absolute Gasteiger partial charge is 0.331 e. The monoisotopic (exact) mass is 429 g/mol. The maximum absolute atomic E-state index is 12.6. The van der Waals surface area contributed by atoms with Crippen molar-refractivity contribution in [1.82, 2.24) is 10.2 Å². The lowest BCUT2D eigenvalue weighted by molar-refractivity contribution is -0.121. The van der Waals surface area contributed by atoms with Crippen molar-refractivity contribution in [2.24, 2.45) is 0 Å². The number of hydrogen-bond donors (Lipinski definition) is 1. The summed E-state index contributed by atoms with van der Waals surface area (Å²) in [5.74, 6) is 0.0297. The molecule has 0 bridgehead atoms. The van der Waals surface area contributed by atoms with Crippen molar-refractivity contribution in [3.63, 3.8) is 0 Å². The van der Waals surface area contributed by atoms with Crippen molar-refractivity contribution in [2.45, 2.75) is 20.3 Å². The van der Waals surface area contributed by atoms with E-state index in [1.165, 1.54) is 0 Å². The number of carbonyl (C=O) groups is 2. The molecule has 27 heavy (non-hydrogen) atoms. The van der Waals surface area contributed by atoms with Crippen molar-refractivity contribution in [3.05, 3.63) is 57.9 Å². The molecule has 0 atom stereocenters. The van der Waals surface area contributed by atoms with Gasteiger partial charge >= 0.3 is 0 Å². The van der Waals surface area contributed by atoms with Crippen LogP contribution in [0.2, 0.25) is 0 Å². The number of benzene rings is 1. The fourth-order valence-electron chi connectivity index (χ4n) is 3.35. The number of nitrogens with one attached hydrogen (secondary N) is 1. The van der Waals surface area contributed by atoms with Gasteiger partial charge in [-0.05, 0) is 52.8 Å². The number of halogens is 1. The molecule has 3 rings (SSSR count). The van der Waals surface area contributed by atoms with Gasteiger partial charge in [0.1, 0.15) is 0 Å². The second-order valence-corrected chi connectivity index (χ2v) is 7.40. The Kier molecular flexibility index (Phi) is 6.29. The van der Waals surface area contributed by atoms with Gasteiger partial charge in [-0.3, -0.25) is 14.5 Å². The van der Waals surface area contributed by atoms with Crippen LogP contribution in [0.25, 0.3) is 6.08 Å². The van der Waals surface area contributed by atoms with Crippen LogP contribution < -0.4 is 10.2 Å². The number of allylic oxidation sites excluding steroid dienone is 4. The molecular weight excluding hydrogens is 406 g/mol. The smallest absolute Gasteiger partial charge is 0.238 e. The summed E-state index contributed by atoms with van der Waals surface area (Å²) in [6, 6.07) is 7.91. The number of carbonyl (C=O) groups excluding carboxylic acids is 2. The lowest BCUT2D eigenvalue weighted by Gasteiger charge is -2.34. The second kappa shape index (κ2) is 8.67. The highest BCUT2D eigenvalue weighted by molar-refractivity contribution is 9.12. The number of fused-ring (bicyclic) bond motifs is 1. The number of para-hydroxylation sites is 1. The molecule has 142 valence electrons. The summed E-state index contributed by atoms with van der Waals surface area (Å²) >= 11 is 3.52. The Morgan fingerprint density at radius 1 is 1.26 bits per heavy atom. The number of nitrogens with zero attached hydrogens (tertiary/aromatic N) is 2. The molecular formula is C21H24BrN3O2. The minimum atomic E-state index is -0.0350. The van der Waals surface area contributed by atoms with Gasteiger partial charge in [0.15, 0.2) is 5.78 Å². The Balaban J connectivity index is 1.88. The van der Waals surface area contributed by atoms with Gasteiger partial charge in [-0.2, -0.15) is 0 Å². The SMILES string of the molecule is CCN(CC)CC(=O)NC1=Cc2ccccc2N(C2=C(Br)C=CCC2=O)C1. The highest BCUT2D eigenvalue weighted by atomic mass is 79.9. The van der Waals surface area contributed by atoms with Crippen molar-refractivity contribution in [1.29, 1.82) is 0 Å². The lowest BCUT2D eigenvalue weighted by atomic mass is 10.0. The zero-order valence-electron chi connectivity index (χ0n) is 15.7. The molecule has 1 aliphatic heterocycles. The van der Waals surface area contributed by atoms with E-state index in [0.29, 0.717) is 25.2 Å². The van der Waals surface area contributed by atoms with Crippen LogP contribution in [-0.2, 0) is 9.59 Å². The van der Waals surface area contributed by atoms with Crippen LogP contribution >= 0.6 is 15.9 Å². The molecule has 5 nitrogen and oxygen atoms in total. The molecule has 1 aromatic carbocycles. The van der Waals surface area contributed by atoms with Crippen LogP contribution in [0.15, 0.2) is 52.3 Å². The van der Waals surface area contributed by atoms with E-state index < -0.39 is 0 Å². The molecule has 2 aliphatic rings. The van der Waals surface area contributed by atoms with Crippen LogP contribution in [0.3, 0.4) is 0 Å². The van der Waals surface area contributed by atoms with E-state index in [0.717, 1.165) is 34.5 Å². The molecule has 1 amide bonds. The highest BCUT2D eigenvalue weighted by Crippen LogP contribution is 2.34. The zero-order valence-corrected chi connectivity index (χ0v) is 17.3. The predicted molar refractivity (Wildman–Crippen MR) is 112 cm³/mol. The Labute approximate surface area is 168 Å². The molecule has 0 fully saturated rings.